The van der Waals surface area contributed by atoms with E-state index in [1.807, 2.05) is 30.5 Å². The van der Waals surface area contributed by atoms with E-state index in [1.54, 1.807) is 11.8 Å². The number of hydrogen-bond donors (Lipinski definition) is 0. The van der Waals surface area contributed by atoms with Gasteiger partial charge in [-0.3, -0.25) is 4.79 Å². The van der Waals surface area contributed by atoms with E-state index < -0.39 is 0 Å². The van der Waals surface area contributed by atoms with Gasteiger partial charge >= 0.3 is 0 Å². The number of thioether (sulfide) groups is 1. The highest BCUT2D eigenvalue weighted by Gasteiger charge is 2.22. The number of rotatable bonds is 5. The molecule has 1 aliphatic carbocycles. The molecule has 1 aromatic rings. The molecule has 1 aromatic carbocycles. The normalized spacial score (nSPS) is 15.3. The van der Waals surface area contributed by atoms with Crippen LogP contribution in [0.3, 0.4) is 0 Å². The van der Waals surface area contributed by atoms with Crippen molar-refractivity contribution in [2.75, 3.05) is 6.26 Å². The Morgan fingerprint density at radius 2 is 2.00 bits per heavy atom. The summed E-state index contributed by atoms with van der Waals surface area (Å²) in [6.45, 7) is 0. The molecule has 0 amide bonds. The Labute approximate surface area is 95.3 Å². The lowest BCUT2D eigenvalue weighted by Gasteiger charge is -2.01. The summed E-state index contributed by atoms with van der Waals surface area (Å²) in [5.41, 5.74) is 0.869. The van der Waals surface area contributed by atoms with E-state index in [9.17, 15) is 4.79 Å². The molecule has 0 N–H and O–H groups in total. The van der Waals surface area contributed by atoms with Gasteiger partial charge in [-0.25, -0.2) is 0 Å². The first-order valence-electron chi connectivity index (χ1n) is 5.47. The molecule has 2 rings (SSSR count). The van der Waals surface area contributed by atoms with Gasteiger partial charge < -0.3 is 0 Å². The lowest BCUT2D eigenvalue weighted by Crippen LogP contribution is -1.98. The Morgan fingerprint density at radius 3 is 2.53 bits per heavy atom. The second-order valence-corrected chi connectivity index (χ2v) is 5.01. The Balaban J connectivity index is 1.91. The van der Waals surface area contributed by atoms with Crippen LogP contribution in [0, 0.1) is 5.92 Å². The van der Waals surface area contributed by atoms with Gasteiger partial charge in [0.15, 0.2) is 5.78 Å². The Kier molecular flexibility index (Phi) is 3.47. The third kappa shape index (κ3) is 3.10. The minimum atomic E-state index is 0.301. The molecule has 1 saturated carbocycles. The minimum Gasteiger partial charge on any atom is -0.294 e. The van der Waals surface area contributed by atoms with Crippen LogP contribution in [-0.2, 0) is 0 Å². The maximum Gasteiger partial charge on any atom is 0.162 e. The van der Waals surface area contributed by atoms with Gasteiger partial charge in [0, 0.05) is 16.9 Å². The predicted molar refractivity (Wildman–Crippen MR) is 64.5 cm³/mol. The molecule has 1 fully saturated rings. The highest BCUT2D eigenvalue weighted by atomic mass is 32.2. The van der Waals surface area contributed by atoms with Crippen LogP contribution in [0.25, 0.3) is 0 Å². The summed E-state index contributed by atoms with van der Waals surface area (Å²) in [6.07, 6.45) is 6.52. The van der Waals surface area contributed by atoms with Gasteiger partial charge in [-0.05, 0) is 30.7 Å². The zero-order valence-corrected chi connectivity index (χ0v) is 9.85. The van der Waals surface area contributed by atoms with Crippen LogP contribution in [0.1, 0.15) is 36.0 Å². The molecule has 1 aliphatic rings. The summed E-state index contributed by atoms with van der Waals surface area (Å²) in [4.78, 5) is 13.0. The van der Waals surface area contributed by atoms with Crippen molar-refractivity contribution >= 4 is 17.5 Å². The smallest absolute Gasteiger partial charge is 0.162 e. The number of Topliss-reactive ketones (excluding diaryl/α,β-unsaturated/α-hetero) is 1. The maximum absolute atomic E-state index is 11.8. The SMILES string of the molecule is CSc1ccc(C(=O)CCC2CC2)cc1. The molecule has 0 aliphatic heterocycles. The standard InChI is InChI=1S/C13H16OS/c1-15-12-7-5-11(6-8-12)13(14)9-4-10-2-3-10/h5-8,10H,2-4,9H2,1H3. The lowest BCUT2D eigenvalue weighted by atomic mass is 10.1. The van der Waals surface area contributed by atoms with E-state index >= 15 is 0 Å². The fourth-order valence-electron chi connectivity index (χ4n) is 1.66. The lowest BCUT2D eigenvalue weighted by molar-refractivity contribution is 0.0978. The van der Waals surface area contributed by atoms with Crippen LogP contribution in [0.4, 0.5) is 0 Å². The van der Waals surface area contributed by atoms with E-state index in [0.717, 1.165) is 24.3 Å². The van der Waals surface area contributed by atoms with Crippen molar-refractivity contribution in [3.8, 4) is 0 Å². The van der Waals surface area contributed by atoms with Gasteiger partial charge in [0.2, 0.25) is 0 Å². The number of carbonyl (C=O) groups excluding carboxylic acids is 1. The molecule has 1 nitrogen and oxygen atoms in total. The second-order valence-electron chi connectivity index (χ2n) is 4.13. The molecule has 0 aromatic heterocycles. The van der Waals surface area contributed by atoms with Crippen molar-refractivity contribution in [3.05, 3.63) is 29.8 Å². The van der Waals surface area contributed by atoms with E-state index in [2.05, 4.69) is 0 Å². The number of ketones is 1. The Hall–Kier alpha value is -0.760. The molecule has 0 bridgehead atoms. The molecule has 0 heterocycles. The van der Waals surface area contributed by atoms with Crippen molar-refractivity contribution in [3.63, 3.8) is 0 Å². The summed E-state index contributed by atoms with van der Waals surface area (Å²) in [7, 11) is 0. The summed E-state index contributed by atoms with van der Waals surface area (Å²) in [6, 6.07) is 7.94. The molecule has 0 unspecified atom stereocenters. The van der Waals surface area contributed by atoms with E-state index in [1.165, 1.54) is 17.7 Å². The highest BCUT2D eigenvalue weighted by Crippen LogP contribution is 2.33. The molecule has 0 spiro atoms. The Morgan fingerprint density at radius 1 is 1.33 bits per heavy atom. The van der Waals surface area contributed by atoms with Gasteiger partial charge in [0.25, 0.3) is 0 Å². The van der Waals surface area contributed by atoms with E-state index in [0.29, 0.717) is 5.78 Å². The topological polar surface area (TPSA) is 17.1 Å². The summed E-state index contributed by atoms with van der Waals surface area (Å²) < 4.78 is 0. The van der Waals surface area contributed by atoms with Crippen LogP contribution >= 0.6 is 11.8 Å². The average Bonchev–Trinajstić information content (AvgIpc) is 3.10. The first kappa shape index (κ1) is 10.7. The van der Waals surface area contributed by atoms with Crippen LogP contribution in [0.2, 0.25) is 0 Å². The van der Waals surface area contributed by atoms with Crippen LogP contribution < -0.4 is 0 Å². The summed E-state index contributed by atoms with van der Waals surface area (Å²) >= 11 is 1.71. The van der Waals surface area contributed by atoms with Crippen LogP contribution in [0.15, 0.2) is 29.2 Å². The van der Waals surface area contributed by atoms with Crippen molar-refractivity contribution in [1.29, 1.82) is 0 Å². The van der Waals surface area contributed by atoms with E-state index in [4.69, 9.17) is 0 Å². The second kappa shape index (κ2) is 4.84. The number of benzene rings is 1. The molecule has 0 radical (unpaired) electrons. The van der Waals surface area contributed by atoms with Gasteiger partial charge in [0.05, 0.1) is 0 Å². The number of carbonyl (C=O) groups is 1. The third-order valence-electron chi connectivity index (χ3n) is 2.89. The molecular formula is C13H16OS. The Bertz CT molecular complexity index is 338. The molecule has 15 heavy (non-hydrogen) atoms. The zero-order chi connectivity index (χ0) is 10.7. The monoisotopic (exact) mass is 220 g/mol. The quantitative estimate of drug-likeness (QED) is 0.555. The van der Waals surface area contributed by atoms with Gasteiger partial charge in [-0.2, -0.15) is 0 Å². The molecule has 0 saturated heterocycles. The van der Waals surface area contributed by atoms with Crippen LogP contribution in [-0.4, -0.2) is 12.0 Å². The molecular weight excluding hydrogens is 204 g/mol. The van der Waals surface area contributed by atoms with Crippen LogP contribution in [0.5, 0.6) is 0 Å². The van der Waals surface area contributed by atoms with Crippen molar-refractivity contribution < 1.29 is 4.79 Å². The first-order chi connectivity index (χ1) is 7.29. The van der Waals surface area contributed by atoms with E-state index in [-0.39, 0.29) is 0 Å². The van der Waals surface area contributed by atoms with Crippen molar-refractivity contribution in [2.24, 2.45) is 5.92 Å². The summed E-state index contributed by atoms with van der Waals surface area (Å²) in [5, 5.41) is 0. The molecule has 2 heteroatoms. The summed E-state index contributed by atoms with van der Waals surface area (Å²) in [5.74, 6) is 1.15. The first-order valence-corrected chi connectivity index (χ1v) is 6.69. The molecule has 80 valence electrons. The molecule has 0 atom stereocenters. The largest absolute Gasteiger partial charge is 0.294 e. The third-order valence-corrected chi connectivity index (χ3v) is 3.63. The van der Waals surface area contributed by atoms with Crippen molar-refractivity contribution in [2.45, 2.75) is 30.6 Å². The minimum absolute atomic E-state index is 0.301. The zero-order valence-electron chi connectivity index (χ0n) is 9.03. The van der Waals surface area contributed by atoms with Gasteiger partial charge in [-0.15, -0.1) is 11.8 Å². The van der Waals surface area contributed by atoms with Gasteiger partial charge in [0.1, 0.15) is 0 Å². The predicted octanol–water partition coefficient (Wildman–Crippen LogP) is 3.78. The maximum atomic E-state index is 11.8. The van der Waals surface area contributed by atoms with Gasteiger partial charge in [-0.1, -0.05) is 25.0 Å². The number of hydrogen-bond acceptors (Lipinski definition) is 2. The average molecular weight is 220 g/mol. The van der Waals surface area contributed by atoms with Crippen molar-refractivity contribution in [1.82, 2.24) is 0 Å². The highest BCUT2D eigenvalue weighted by molar-refractivity contribution is 7.98. The fourth-order valence-corrected chi connectivity index (χ4v) is 2.07. The fraction of sp³-hybridized carbons (Fsp3) is 0.462.